The van der Waals surface area contributed by atoms with Gasteiger partial charge in [-0.25, -0.2) is 5.43 Å². The highest BCUT2D eigenvalue weighted by molar-refractivity contribution is 6.02. The number of amides is 1. The quantitative estimate of drug-likeness (QED) is 0.348. The van der Waals surface area contributed by atoms with Crippen LogP contribution >= 0.6 is 0 Å². The summed E-state index contributed by atoms with van der Waals surface area (Å²) in [5.41, 5.74) is 2.77. The number of hydrogen-bond acceptors (Lipinski definition) is 5. The van der Waals surface area contributed by atoms with E-state index < -0.39 is 5.91 Å². The predicted molar refractivity (Wildman–Crippen MR) is 85.5 cm³/mol. The standard InChI is InChI=1S/C17H13N3O3/c18-10-14(9-12-5-1-3-7-15(12)21)17(23)20-19-11-13-6-2-4-8-16(13)22/h1-9,11,21-22H,(H,20,23)/b14-9+,19-11?. The summed E-state index contributed by atoms with van der Waals surface area (Å²) < 4.78 is 0. The molecule has 0 bridgehead atoms. The molecule has 3 N–H and O–H groups in total. The average molecular weight is 307 g/mol. The average Bonchev–Trinajstić information content (AvgIpc) is 2.55. The summed E-state index contributed by atoms with van der Waals surface area (Å²) in [7, 11) is 0. The number of para-hydroxylation sites is 2. The maximum absolute atomic E-state index is 11.9. The van der Waals surface area contributed by atoms with Gasteiger partial charge in [0.25, 0.3) is 5.91 Å². The molecule has 2 aromatic carbocycles. The first-order chi connectivity index (χ1) is 11.1. The number of nitriles is 1. The van der Waals surface area contributed by atoms with E-state index in [4.69, 9.17) is 5.26 Å². The van der Waals surface area contributed by atoms with E-state index in [9.17, 15) is 15.0 Å². The number of phenols is 2. The first-order valence-corrected chi connectivity index (χ1v) is 6.63. The third kappa shape index (κ3) is 4.19. The zero-order valence-electron chi connectivity index (χ0n) is 12.0. The Balaban J connectivity index is 2.11. The molecule has 0 atom stereocenters. The van der Waals surface area contributed by atoms with Crippen molar-refractivity contribution in [3.8, 4) is 17.6 Å². The molecule has 0 radical (unpaired) electrons. The van der Waals surface area contributed by atoms with E-state index in [0.717, 1.165) is 0 Å². The lowest BCUT2D eigenvalue weighted by Crippen LogP contribution is -2.19. The number of aromatic hydroxyl groups is 2. The van der Waals surface area contributed by atoms with Gasteiger partial charge in [-0.2, -0.15) is 10.4 Å². The van der Waals surface area contributed by atoms with Crippen LogP contribution in [-0.2, 0) is 4.79 Å². The third-order valence-electron chi connectivity index (χ3n) is 2.91. The van der Waals surface area contributed by atoms with Crippen molar-refractivity contribution in [1.29, 1.82) is 5.26 Å². The van der Waals surface area contributed by atoms with Crippen LogP contribution < -0.4 is 5.43 Å². The van der Waals surface area contributed by atoms with Gasteiger partial charge in [0.15, 0.2) is 0 Å². The SMILES string of the molecule is N#C/C(=C\c1ccccc1O)C(=O)NN=Cc1ccccc1O. The monoisotopic (exact) mass is 307 g/mol. The molecule has 6 nitrogen and oxygen atoms in total. The number of phenolic OH excluding ortho intramolecular Hbond substituents is 2. The zero-order valence-corrected chi connectivity index (χ0v) is 12.0. The fourth-order valence-electron chi connectivity index (χ4n) is 1.73. The van der Waals surface area contributed by atoms with Crippen LogP contribution in [0, 0.1) is 11.3 Å². The maximum Gasteiger partial charge on any atom is 0.282 e. The van der Waals surface area contributed by atoms with Crippen LogP contribution in [0.3, 0.4) is 0 Å². The van der Waals surface area contributed by atoms with E-state index in [2.05, 4.69) is 10.5 Å². The van der Waals surface area contributed by atoms with Crippen molar-refractivity contribution in [2.45, 2.75) is 0 Å². The molecule has 0 aromatic heterocycles. The second kappa shape index (κ2) is 7.43. The molecule has 6 heteroatoms. The Morgan fingerprint density at radius 1 is 1.04 bits per heavy atom. The Hall–Kier alpha value is -3.59. The van der Waals surface area contributed by atoms with Crippen LogP contribution in [0.2, 0.25) is 0 Å². The van der Waals surface area contributed by atoms with Gasteiger partial charge in [0, 0.05) is 11.1 Å². The third-order valence-corrected chi connectivity index (χ3v) is 2.91. The maximum atomic E-state index is 11.9. The lowest BCUT2D eigenvalue weighted by Gasteiger charge is -2.01. The minimum atomic E-state index is -0.720. The number of rotatable bonds is 4. The Bertz CT molecular complexity index is 820. The Kier molecular flexibility index (Phi) is 5.10. The molecule has 0 aliphatic rings. The number of benzene rings is 2. The van der Waals surface area contributed by atoms with E-state index in [1.165, 1.54) is 24.4 Å². The molecule has 0 saturated carbocycles. The molecule has 0 saturated heterocycles. The summed E-state index contributed by atoms with van der Waals surface area (Å²) in [6, 6.07) is 14.6. The zero-order chi connectivity index (χ0) is 16.7. The van der Waals surface area contributed by atoms with Crippen LogP contribution in [0.4, 0.5) is 0 Å². The molecular formula is C17H13N3O3. The van der Waals surface area contributed by atoms with Crippen molar-refractivity contribution in [1.82, 2.24) is 5.43 Å². The first-order valence-electron chi connectivity index (χ1n) is 6.63. The molecule has 2 aromatic rings. The molecular weight excluding hydrogens is 294 g/mol. The molecule has 23 heavy (non-hydrogen) atoms. The summed E-state index contributed by atoms with van der Waals surface area (Å²) in [6.45, 7) is 0. The van der Waals surface area contributed by atoms with E-state index in [1.807, 2.05) is 0 Å². The number of hydrazone groups is 1. The van der Waals surface area contributed by atoms with Crippen molar-refractivity contribution in [3.63, 3.8) is 0 Å². The van der Waals surface area contributed by atoms with E-state index >= 15 is 0 Å². The molecule has 0 heterocycles. The topological polar surface area (TPSA) is 106 Å². The van der Waals surface area contributed by atoms with Crippen molar-refractivity contribution in [2.24, 2.45) is 5.10 Å². The largest absolute Gasteiger partial charge is 0.507 e. The molecule has 1 amide bonds. The molecule has 114 valence electrons. The molecule has 0 aliphatic heterocycles. The summed E-state index contributed by atoms with van der Waals surface area (Å²) in [5.74, 6) is -0.732. The molecule has 0 fully saturated rings. The fraction of sp³-hybridized carbons (Fsp3) is 0. The van der Waals surface area contributed by atoms with Crippen molar-refractivity contribution in [3.05, 3.63) is 65.2 Å². The van der Waals surface area contributed by atoms with Gasteiger partial charge in [-0.3, -0.25) is 4.79 Å². The number of nitrogens with one attached hydrogen (secondary N) is 1. The summed E-state index contributed by atoms with van der Waals surface area (Å²) >= 11 is 0. The number of nitrogens with zero attached hydrogens (tertiary/aromatic N) is 2. The molecule has 2 rings (SSSR count). The van der Waals surface area contributed by atoms with Gasteiger partial charge in [-0.05, 0) is 24.3 Å². The van der Waals surface area contributed by atoms with Gasteiger partial charge in [-0.1, -0.05) is 30.3 Å². The number of carbonyl (C=O) groups excluding carboxylic acids is 1. The number of carbonyl (C=O) groups is 1. The van der Waals surface area contributed by atoms with Crippen molar-refractivity contribution in [2.75, 3.05) is 0 Å². The van der Waals surface area contributed by atoms with Crippen LogP contribution in [0.1, 0.15) is 11.1 Å². The van der Waals surface area contributed by atoms with Gasteiger partial charge in [0.05, 0.1) is 6.21 Å². The van der Waals surface area contributed by atoms with Gasteiger partial charge >= 0.3 is 0 Å². The minimum Gasteiger partial charge on any atom is -0.507 e. The first kappa shape index (κ1) is 15.8. The van der Waals surface area contributed by atoms with Gasteiger partial charge in [0.1, 0.15) is 23.1 Å². The van der Waals surface area contributed by atoms with Crippen molar-refractivity contribution >= 4 is 18.2 Å². The van der Waals surface area contributed by atoms with Crippen molar-refractivity contribution < 1.29 is 15.0 Å². The molecule has 0 spiro atoms. The summed E-state index contributed by atoms with van der Waals surface area (Å²) in [6.07, 6.45) is 2.53. The van der Waals surface area contributed by atoms with Crippen LogP contribution in [0.5, 0.6) is 11.5 Å². The summed E-state index contributed by atoms with van der Waals surface area (Å²) in [4.78, 5) is 11.9. The predicted octanol–water partition coefficient (Wildman–Crippen LogP) is 2.16. The van der Waals surface area contributed by atoms with E-state index in [0.29, 0.717) is 11.1 Å². The molecule has 0 unspecified atom stereocenters. The smallest absolute Gasteiger partial charge is 0.282 e. The highest BCUT2D eigenvalue weighted by Gasteiger charge is 2.09. The van der Waals surface area contributed by atoms with Gasteiger partial charge in [-0.15, -0.1) is 0 Å². The highest BCUT2D eigenvalue weighted by Crippen LogP contribution is 2.18. The normalized spacial score (nSPS) is 11.2. The lowest BCUT2D eigenvalue weighted by molar-refractivity contribution is -0.117. The Labute approximate surface area is 132 Å². The van der Waals surface area contributed by atoms with E-state index in [1.54, 1.807) is 42.5 Å². The Morgan fingerprint density at radius 2 is 1.61 bits per heavy atom. The van der Waals surface area contributed by atoms with Crippen LogP contribution in [-0.4, -0.2) is 22.3 Å². The van der Waals surface area contributed by atoms with Crippen LogP contribution in [0.15, 0.2) is 59.2 Å². The second-order valence-electron chi connectivity index (χ2n) is 4.49. The van der Waals surface area contributed by atoms with Gasteiger partial charge in [0.2, 0.25) is 0 Å². The van der Waals surface area contributed by atoms with E-state index in [-0.39, 0.29) is 17.1 Å². The highest BCUT2D eigenvalue weighted by atomic mass is 16.3. The number of hydrogen-bond donors (Lipinski definition) is 3. The summed E-state index contributed by atoms with van der Waals surface area (Å²) in [5, 5.41) is 32.0. The van der Waals surface area contributed by atoms with Gasteiger partial charge < -0.3 is 10.2 Å². The fourth-order valence-corrected chi connectivity index (χ4v) is 1.73. The minimum absolute atomic E-state index is 0.0238. The van der Waals surface area contributed by atoms with Crippen LogP contribution in [0.25, 0.3) is 6.08 Å². The second-order valence-corrected chi connectivity index (χ2v) is 4.49. The molecule has 0 aliphatic carbocycles. The lowest BCUT2D eigenvalue weighted by atomic mass is 10.1. The Morgan fingerprint density at radius 3 is 2.17 bits per heavy atom.